The molecule has 0 saturated heterocycles. The van der Waals surface area contributed by atoms with E-state index in [1.54, 1.807) is 0 Å². The van der Waals surface area contributed by atoms with E-state index in [-0.39, 0.29) is 5.56 Å². The van der Waals surface area contributed by atoms with Crippen LogP contribution in [0.3, 0.4) is 0 Å². The van der Waals surface area contributed by atoms with Gasteiger partial charge in [-0.25, -0.2) is 8.78 Å². The molecule has 0 nitrogen and oxygen atoms in total. The van der Waals surface area contributed by atoms with Gasteiger partial charge in [0.15, 0.2) is 0 Å². The summed E-state index contributed by atoms with van der Waals surface area (Å²) in [6.07, 6.45) is 4.87. The maximum atomic E-state index is 13.8. The van der Waals surface area contributed by atoms with Gasteiger partial charge in [-0.1, -0.05) is 28.8 Å². The van der Waals surface area contributed by atoms with Gasteiger partial charge in [0.1, 0.15) is 11.6 Å². The summed E-state index contributed by atoms with van der Waals surface area (Å²) in [7, 11) is 0. The molecule has 1 aromatic rings. The Labute approximate surface area is 117 Å². The van der Waals surface area contributed by atoms with E-state index in [0.717, 1.165) is 19.3 Å². The Balaban J connectivity index is 2.15. The van der Waals surface area contributed by atoms with E-state index >= 15 is 0 Å². The van der Waals surface area contributed by atoms with Gasteiger partial charge in [0.05, 0.1) is 4.47 Å². The van der Waals surface area contributed by atoms with E-state index in [1.807, 2.05) is 0 Å². The Morgan fingerprint density at radius 1 is 1.24 bits per heavy atom. The van der Waals surface area contributed by atoms with Crippen molar-refractivity contribution in [3.63, 3.8) is 0 Å². The summed E-state index contributed by atoms with van der Waals surface area (Å²) in [5.74, 6) is -0.490. The summed E-state index contributed by atoms with van der Waals surface area (Å²) in [5.41, 5.74) is 0.228. The molecule has 0 aliphatic heterocycles. The maximum Gasteiger partial charge on any atom is 0.143 e. The van der Waals surface area contributed by atoms with Crippen molar-refractivity contribution in [2.75, 3.05) is 0 Å². The minimum atomic E-state index is -0.443. The van der Waals surface area contributed by atoms with Crippen LogP contribution < -0.4 is 0 Å². The summed E-state index contributed by atoms with van der Waals surface area (Å²) in [6, 6.07) is 2.75. The van der Waals surface area contributed by atoms with Gasteiger partial charge in [-0.15, -0.1) is 0 Å². The second-order valence-electron chi connectivity index (χ2n) is 4.66. The molecule has 0 N–H and O–H groups in total. The van der Waals surface area contributed by atoms with Crippen LogP contribution >= 0.6 is 31.9 Å². The molecule has 0 heterocycles. The molecule has 2 unspecified atom stereocenters. The second-order valence-corrected chi connectivity index (χ2v) is 6.81. The Kier molecular flexibility index (Phi) is 4.59. The Bertz CT molecular complexity index is 407. The first-order valence-corrected chi connectivity index (χ1v) is 7.55. The van der Waals surface area contributed by atoms with Gasteiger partial charge in [-0.2, -0.15) is 0 Å². The lowest BCUT2D eigenvalue weighted by molar-refractivity contribution is 0.358. The quantitative estimate of drug-likeness (QED) is 0.496. The molecule has 1 aliphatic rings. The molecular formula is C13H14Br2F2. The molecule has 17 heavy (non-hydrogen) atoms. The largest absolute Gasteiger partial charge is 0.207 e. The average molecular weight is 368 g/mol. The molecule has 0 amide bonds. The number of halogens is 4. The van der Waals surface area contributed by atoms with Gasteiger partial charge in [-0.05, 0) is 53.2 Å². The summed E-state index contributed by atoms with van der Waals surface area (Å²) < 4.78 is 27.8. The molecule has 1 saturated carbocycles. The number of hydrogen-bond donors (Lipinski definition) is 0. The average Bonchev–Trinajstić information content (AvgIpc) is 2.30. The fourth-order valence-electron chi connectivity index (χ4n) is 2.46. The molecule has 0 aromatic heterocycles. The third-order valence-electron chi connectivity index (χ3n) is 3.35. The zero-order valence-electron chi connectivity index (χ0n) is 9.36. The molecular weight excluding hydrogens is 354 g/mol. The number of hydrogen-bond acceptors (Lipinski definition) is 0. The Hall–Kier alpha value is 0.0400. The van der Waals surface area contributed by atoms with Gasteiger partial charge in [0, 0.05) is 10.4 Å². The Morgan fingerprint density at radius 2 is 2.00 bits per heavy atom. The molecule has 94 valence electrons. The van der Waals surface area contributed by atoms with Crippen LogP contribution in [0.1, 0.15) is 31.2 Å². The van der Waals surface area contributed by atoms with Gasteiger partial charge in [0.2, 0.25) is 0 Å². The lowest BCUT2D eigenvalue weighted by atomic mass is 9.84. The third kappa shape index (κ3) is 3.28. The number of rotatable bonds is 2. The van der Waals surface area contributed by atoms with Crippen molar-refractivity contribution in [2.45, 2.75) is 36.9 Å². The van der Waals surface area contributed by atoms with Crippen LogP contribution in [0.5, 0.6) is 0 Å². The lowest BCUT2D eigenvalue weighted by Gasteiger charge is -2.26. The van der Waals surface area contributed by atoms with E-state index in [0.29, 0.717) is 21.6 Å². The van der Waals surface area contributed by atoms with Crippen LogP contribution in [0.2, 0.25) is 0 Å². The normalized spacial score (nSPS) is 24.9. The SMILES string of the molecule is Fc1ccc(Br)c(F)c1CC1CCCC(Br)C1. The number of alkyl halides is 1. The van der Waals surface area contributed by atoms with Crippen LogP contribution in [0.4, 0.5) is 8.78 Å². The van der Waals surface area contributed by atoms with Gasteiger partial charge < -0.3 is 0 Å². The summed E-state index contributed by atoms with van der Waals surface area (Å²) in [4.78, 5) is 0.500. The first-order chi connectivity index (χ1) is 8.08. The second kappa shape index (κ2) is 5.79. The molecule has 0 bridgehead atoms. The molecule has 0 spiro atoms. The highest BCUT2D eigenvalue weighted by Gasteiger charge is 2.23. The first kappa shape index (κ1) is 13.5. The van der Waals surface area contributed by atoms with Gasteiger partial charge in [-0.3, -0.25) is 0 Å². The maximum absolute atomic E-state index is 13.8. The predicted octanol–water partition coefficient (Wildman–Crippen LogP) is 5.22. The minimum Gasteiger partial charge on any atom is -0.207 e. The first-order valence-electron chi connectivity index (χ1n) is 5.84. The molecule has 1 aliphatic carbocycles. The predicted molar refractivity (Wildman–Crippen MR) is 72.4 cm³/mol. The zero-order valence-corrected chi connectivity index (χ0v) is 12.5. The van der Waals surface area contributed by atoms with Crippen LogP contribution in [-0.2, 0) is 6.42 Å². The third-order valence-corrected chi connectivity index (χ3v) is 4.79. The Morgan fingerprint density at radius 3 is 2.71 bits per heavy atom. The van der Waals surface area contributed by atoms with E-state index < -0.39 is 11.6 Å². The van der Waals surface area contributed by atoms with Crippen molar-refractivity contribution in [1.29, 1.82) is 0 Å². The molecule has 2 rings (SSSR count). The fourth-order valence-corrected chi connectivity index (χ4v) is 3.68. The lowest BCUT2D eigenvalue weighted by Crippen LogP contribution is -2.18. The van der Waals surface area contributed by atoms with Gasteiger partial charge in [0.25, 0.3) is 0 Å². The molecule has 0 radical (unpaired) electrons. The smallest absolute Gasteiger partial charge is 0.143 e. The van der Waals surface area contributed by atoms with Crippen molar-refractivity contribution in [3.05, 3.63) is 33.8 Å². The molecule has 1 fully saturated rings. The van der Waals surface area contributed by atoms with E-state index in [2.05, 4.69) is 31.9 Å². The summed E-state index contributed by atoms with van der Waals surface area (Å²) >= 11 is 6.70. The van der Waals surface area contributed by atoms with E-state index in [1.165, 1.54) is 18.6 Å². The van der Waals surface area contributed by atoms with E-state index in [9.17, 15) is 8.78 Å². The molecule has 1 aromatic carbocycles. The van der Waals surface area contributed by atoms with Gasteiger partial charge >= 0.3 is 0 Å². The van der Waals surface area contributed by atoms with Crippen LogP contribution in [0, 0.1) is 17.6 Å². The highest BCUT2D eigenvalue weighted by Crippen LogP contribution is 2.33. The van der Waals surface area contributed by atoms with Crippen molar-refractivity contribution in [1.82, 2.24) is 0 Å². The van der Waals surface area contributed by atoms with Crippen LogP contribution in [-0.4, -0.2) is 4.83 Å². The van der Waals surface area contributed by atoms with Crippen molar-refractivity contribution < 1.29 is 8.78 Å². The van der Waals surface area contributed by atoms with Crippen molar-refractivity contribution in [2.24, 2.45) is 5.92 Å². The summed E-state index contributed by atoms with van der Waals surface area (Å²) in [5, 5.41) is 0. The minimum absolute atomic E-state index is 0.228. The highest BCUT2D eigenvalue weighted by molar-refractivity contribution is 9.10. The zero-order chi connectivity index (χ0) is 12.4. The fraction of sp³-hybridized carbons (Fsp3) is 0.538. The highest BCUT2D eigenvalue weighted by atomic mass is 79.9. The standard InChI is InChI=1S/C13H14Br2F2/c14-9-3-1-2-8(6-9)7-10-12(16)5-4-11(15)13(10)17/h4-5,8-9H,1-3,6-7H2. The summed E-state index contributed by atoms with van der Waals surface area (Å²) in [6.45, 7) is 0. The van der Waals surface area contributed by atoms with Crippen LogP contribution in [0.25, 0.3) is 0 Å². The number of benzene rings is 1. The van der Waals surface area contributed by atoms with E-state index in [4.69, 9.17) is 0 Å². The van der Waals surface area contributed by atoms with Crippen molar-refractivity contribution in [3.8, 4) is 0 Å². The topological polar surface area (TPSA) is 0 Å². The molecule has 2 atom stereocenters. The van der Waals surface area contributed by atoms with Crippen molar-refractivity contribution >= 4 is 31.9 Å². The monoisotopic (exact) mass is 366 g/mol. The van der Waals surface area contributed by atoms with Crippen LogP contribution in [0.15, 0.2) is 16.6 Å². The molecule has 4 heteroatoms.